The van der Waals surface area contributed by atoms with Crippen molar-refractivity contribution in [2.75, 3.05) is 18.1 Å². The molecule has 3 aromatic carbocycles. The van der Waals surface area contributed by atoms with Crippen LogP contribution in [-0.2, 0) is 38.1 Å². The number of carboxylic acids is 1. The fraction of sp³-hybridized carbons (Fsp3) is 0.281. The van der Waals surface area contributed by atoms with Crippen LogP contribution in [0.2, 0.25) is 0 Å². The molecule has 1 aromatic heterocycles. The molecule has 0 radical (unpaired) electrons. The maximum absolute atomic E-state index is 13.1. The molecule has 6 rings (SSSR count). The average molecular weight is 601 g/mol. The number of nitrogens with one attached hydrogen (secondary N) is 1. The third-order valence-corrected chi connectivity index (χ3v) is 9.52. The molecular formula is C32H32N4O6S. The Labute approximate surface area is 250 Å². The van der Waals surface area contributed by atoms with Crippen molar-refractivity contribution in [1.82, 2.24) is 13.9 Å². The quantitative estimate of drug-likeness (QED) is 0.276. The maximum atomic E-state index is 13.1. The number of nitrogens with zero attached hydrogens (tertiary/aromatic N) is 3. The molecule has 1 aliphatic heterocycles. The predicted molar refractivity (Wildman–Crippen MR) is 162 cm³/mol. The lowest BCUT2D eigenvalue weighted by atomic mass is 9.93. The zero-order chi connectivity index (χ0) is 30.4. The summed E-state index contributed by atoms with van der Waals surface area (Å²) in [6, 6.07) is 24.7. The summed E-state index contributed by atoms with van der Waals surface area (Å²) >= 11 is 0. The lowest BCUT2D eigenvalue weighted by Gasteiger charge is -2.26. The smallest absolute Gasteiger partial charge is 0.413 e. The number of fused-ring (bicyclic) bond motifs is 1. The van der Waals surface area contributed by atoms with Gasteiger partial charge in [0.15, 0.2) is 0 Å². The van der Waals surface area contributed by atoms with E-state index >= 15 is 0 Å². The number of hydrogen-bond donors (Lipinski definition) is 2. The second kappa shape index (κ2) is 11.0. The van der Waals surface area contributed by atoms with Crippen LogP contribution in [0.3, 0.4) is 0 Å². The molecule has 0 spiro atoms. The highest BCUT2D eigenvalue weighted by molar-refractivity contribution is 7.88. The number of hydrogen-bond acceptors (Lipinski definition) is 6. The van der Waals surface area contributed by atoms with Crippen molar-refractivity contribution in [3.8, 4) is 22.4 Å². The molecule has 1 amide bonds. The minimum absolute atomic E-state index is 0.0885. The van der Waals surface area contributed by atoms with Gasteiger partial charge in [-0.25, -0.2) is 18.2 Å². The van der Waals surface area contributed by atoms with Gasteiger partial charge in [0, 0.05) is 18.7 Å². The fourth-order valence-electron chi connectivity index (χ4n) is 5.55. The predicted octanol–water partition coefficient (Wildman–Crippen LogP) is 5.42. The summed E-state index contributed by atoms with van der Waals surface area (Å²) in [5, 5.41) is 12.5. The standard InChI is InChI=1S/C32H32N4O6S/c1-21(22-6-4-3-5-7-22)42-31(39)34-29-28(33-27-20-35(43(2,40)41)18-19-36(27)29)25-10-8-23(9-11-25)24-12-14-26(15-13-24)32(16-17-32)30(37)38/h3-15,21H,16-20H2,1-2H3,(H,34,39)(H,37,38). The van der Waals surface area contributed by atoms with E-state index in [2.05, 4.69) is 5.32 Å². The van der Waals surface area contributed by atoms with Crippen molar-refractivity contribution in [3.63, 3.8) is 0 Å². The number of carbonyl (C=O) groups excluding carboxylic acids is 1. The number of sulfonamides is 1. The molecule has 2 N–H and O–H groups in total. The summed E-state index contributed by atoms with van der Waals surface area (Å²) in [6.07, 6.45) is 1.36. The minimum Gasteiger partial charge on any atom is -0.481 e. The second-order valence-corrected chi connectivity index (χ2v) is 13.1. The van der Waals surface area contributed by atoms with Crippen LogP contribution >= 0.6 is 0 Å². The Morgan fingerprint density at radius 2 is 1.53 bits per heavy atom. The molecule has 2 heterocycles. The highest BCUT2D eigenvalue weighted by atomic mass is 32.2. The van der Waals surface area contributed by atoms with Gasteiger partial charge in [-0.3, -0.25) is 10.1 Å². The van der Waals surface area contributed by atoms with Crippen LogP contribution in [-0.4, -0.2) is 52.2 Å². The van der Waals surface area contributed by atoms with Gasteiger partial charge in [0.2, 0.25) is 10.0 Å². The van der Waals surface area contributed by atoms with Gasteiger partial charge < -0.3 is 14.4 Å². The average Bonchev–Trinajstić information content (AvgIpc) is 3.75. The highest BCUT2D eigenvalue weighted by Crippen LogP contribution is 2.48. The van der Waals surface area contributed by atoms with Gasteiger partial charge in [0.25, 0.3) is 0 Å². The molecule has 1 unspecified atom stereocenters. The molecule has 10 nitrogen and oxygen atoms in total. The number of benzene rings is 3. The summed E-state index contributed by atoms with van der Waals surface area (Å²) in [4.78, 5) is 29.5. The first-order valence-corrected chi connectivity index (χ1v) is 15.9. The van der Waals surface area contributed by atoms with Crippen molar-refractivity contribution in [1.29, 1.82) is 0 Å². The van der Waals surface area contributed by atoms with E-state index in [4.69, 9.17) is 9.72 Å². The first-order valence-electron chi connectivity index (χ1n) is 14.1. The highest BCUT2D eigenvalue weighted by Gasteiger charge is 2.51. The number of aliphatic carboxylic acids is 1. The van der Waals surface area contributed by atoms with E-state index in [1.165, 1.54) is 10.6 Å². The van der Waals surface area contributed by atoms with E-state index in [0.29, 0.717) is 36.7 Å². The fourth-order valence-corrected chi connectivity index (χ4v) is 6.32. The van der Waals surface area contributed by atoms with Crippen LogP contribution in [0.5, 0.6) is 0 Å². The van der Waals surface area contributed by atoms with Crippen molar-refractivity contribution >= 4 is 27.9 Å². The Balaban J connectivity index is 1.28. The first-order chi connectivity index (χ1) is 20.5. The number of ether oxygens (including phenoxy) is 1. The van der Waals surface area contributed by atoms with Crippen LogP contribution < -0.4 is 5.32 Å². The van der Waals surface area contributed by atoms with E-state index in [-0.39, 0.29) is 13.1 Å². The molecule has 1 aliphatic carbocycles. The van der Waals surface area contributed by atoms with Gasteiger partial charge in [-0.2, -0.15) is 4.31 Å². The van der Waals surface area contributed by atoms with Crippen LogP contribution in [0.25, 0.3) is 22.4 Å². The number of amides is 1. The molecule has 1 saturated carbocycles. The van der Waals surface area contributed by atoms with E-state index < -0.39 is 33.6 Å². The Morgan fingerprint density at radius 1 is 0.930 bits per heavy atom. The SMILES string of the molecule is CC(OC(=O)Nc1c(-c2ccc(-c3ccc(C4(C(=O)O)CC4)cc3)cc2)nc2n1CCN(S(C)(=O)=O)C2)c1ccccc1. The largest absolute Gasteiger partial charge is 0.481 e. The number of rotatable bonds is 8. The maximum Gasteiger partial charge on any atom is 0.413 e. The molecule has 1 fully saturated rings. The molecule has 0 saturated heterocycles. The normalized spacial score (nSPS) is 16.6. The van der Waals surface area contributed by atoms with Gasteiger partial charge in [-0.05, 0) is 42.0 Å². The van der Waals surface area contributed by atoms with Gasteiger partial charge in [0.1, 0.15) is 23.4 Å². The van der Waals surface area contributed by atoms with Crippen LogP contribution in [0.1, 0.15) is 42.8 Å². The van der Waals surface area contributed by atoms with E-state index in [0.717, 1.165) is 27.8 Å². The molecule has 0 bridgehead atoms. The van der Waals surface area contributed by atoms with E-state index in [1.807, 2.05) is 83.4 Å². The van der Waals surface area contributed by atoms with Gasteiger partial charge in [0.05, 0.1) is 18.2 Å². The first kappa shape index (κ1) is 28.6. The van der Waals surface area contributed by atoms with Gasteiger partial charge in [-0.15, -0.1) is 0 Å². The third-order valence-electron chi connectivity index (χ3n) is 8.27. The number of imidazole rings is 1. The Bertz CT molecular complexity index is 1780. The number of carboxylic acid groups (broad SMARTS) is 1. The van der Waals surface area contributed by atoms with Crippen molar-refractivity contribution in [2.45, 2.75) is 44.4 Å². The second-order valence-electron chi connectivity index (χ2n) is 11.1. The molecule has 4 aromatic rings. The molecule has 2 aliphatic rings. The Morgan fingerprint density at radius 3 is 2.12 bits per heavy atom. The Hall–Kier alpha value is -4.48. The van der Waals surface area contributed by atoms with E-state index in [1.54, 1.807) is 6.92 Å². The summed E-state index contributed by atoms with van der Waals surface area (Å²) < 4.78 is 33.3. The molecule has 222 valence electrons. The lowest BCUT2D eigenvalue weighted by molar-refractivity contribution is -0.140. The monoisotopic (exact) mass is 600 g/mol. The summed E-state index contributed by atoms with van der Waals surface area (Å²) in [6.45, 7) is 2.46. The number of carbonyl (C=O) groups is 2. The summed E-state index contributed by atoms with van der Waals surface area (Å²) in [5.74, 6) is 0.175. The van der Waals surface area contributed by atoms with Crippen LogP contribution in [0.15, 0.2) is 78.9 Å². The Kier molecular flexibility index (Phi) is 7.31. The van der Waals surface area contributed by atoms with Crippen molar-refractivity contribution in [2.24, 2.45) is 0 Å². The molecule has 11 heteroatoms. The molecule has 43 heavy (non-hydrogen) atoms. The van der Waals surface area contributed by atoms with Crippen LogP contribution in [0.4, 0.5) is 10.6 Å². The minimum atomic E-state index is -3.42. The molecule has 1 atom stereocenters. The number of anilines is 1. The topological polar surface area (TPSA) is 131 Å². The number of aromatic nitrogens is 2. The summed E-state index contributed by atoms with van der Waals surface area (Å²) in [7, 11) is -3.42. The van der Waals surface area contributed by atoms with Gasteiger partial charge >= 0.3 is 12.1 Å². The summed E-state index contributed by atoms with van der Waals surface area (Å²) in [5.41, 5.74) is 4.05. The lowest BCUT2D eigenvalue weighted by Crippen LogP contribution is -2.38. The van der Waals surface area contributed by atoms with Gasteiger partial charge in [-0.1, -0.05) is 78.9 Å². The molecular weight excluding hydrogens is 568 g/mol. The zero-order valence-electron chi connectivity index (χ0n) is 23.9. The van der Waals surface area contributed by atoms with E-state index in [9.17, 15) is 23.1 Å². The van der Waals surface area contributed by atoms with Crippen LogP contribution in [0, 0.1) is 0 Å². The van der Waals surface area contributed by atoms with Crippen molar-refractivity contribution in [3.05, 3.63) is 95.8 Å². The zero-order valence-corrected chi connectivity index (χ0v) is 24.7. The third kappa shape index (κ3) is 5.65. The van der Waals surface area contributed by atoms with Crippen molar-refractivity contribution < 1.29 is 27.9 Å².